The quantitative estimate of drug-likeness (QED) is 0.0707. The summed E-state index contributed by atoms with van der Waals surface area (Å²) in [5, 5.41) is 9.34. The van der Waals surface area contributed by atoms with Gasteiger partial charge in [-0.2, -0.15) is 26.8 Å². The molecule has 0 radical (unpaired) electrons. The summed E-state index contributed by atoms with van der Waals surface area (Å²) in [5.74, 6) is 1.32. The molecule has 8 aromatic rings. The van der Waals surface area contributed by atoms with E-state index < -0.39 is 30.0 Å². The Morgan fingerprint density at radius 1 is 0.466 bits per heavy atom. The van der Waals surface area contributed by atoms with Gasteiger partial charge in [-0.3, -0.25) is 9.11 Å². The number of rotatable bonds is 11. The van der Waals surface area contributed by atoms with Crippen molar-refractivity contribution in [2.45, 2.75) is 9.79 Å². The summed E-state index contributed by atoms with van der Waals surface area (Å²) < 4.78 is 83.5. The Kier molecular flexibility index (Phi) is 10.3. The molecule has 14 nitrogen and oxygen atoms in total. The highest BCUT2D eigenvalue weighted by Crippen LogP contribution is 2.37. The van der Waals surface area contributed by atoms with Crippen molar-refractivity contribution in [1.82, 2.24) is 19.9 Å². The first kappa shape index (κ1) is 38.5. The van der Waals surface area contributed by atoms with E-state index in [0.717, 1.165) is 33.7 Å². The van der Waals surface area contributed by atoms with Crippen LogP contribution in [0.1, 0.15) is 0 Å². The Hall–Kier alpha value is -6.40. The number of hydrogen-bond donors (Lipinski definition) is 4. The van der Waals surface area contributed by atoms with Crippen LogP contribution in [0, 0.1) is 0 Å². The normalized spacial score (nSPS) is 11.7. The fourth-order valence-electron chi connectivity index (χ4n) is 6.10. The zero-order valence-electron chi connectivity index (χ0n) is 29.4. The van der Waals surface area contributed by atoms with E-state index >= 15 is 0 Å². The van der Waals surface area contributed by atoms with Crippen molar-refractivity contribution in [2.75, 3.05) is 10.6 Å². The highest BCUT2D eigenvalue weighted by atomic mass is 35.5. The van der Waals surface area contributed by atoms with Crippen molar-refractivity contribution in [2.24, 2.45) is 0 Å². The van der Waals surface area contributed by atoms with Gasteiger partial charge < -0.3 is 20.1 Å². The highest BCUT2D eigenvalue weighted by Gasteiger charge is 2.25. The minimum absolute atomic E-state index is 0.0776. The standard InChI is InChI=1S/C40H26Cl2N6O8S2/c41-39-45-35(21-37(47-39)55-29-13-9-23-5-1-3-7-25(23)17-29)43-27-11-15-31(33(19-27)57(49,50)51)32-16-12-28(20-34(32)58(52,53)54)44-36-22-38(48-40(42)46-36)56-30-14-10-24-6-2-4-8-26(24)18-30/h1-22H,(H,43,45,47)(H,44,46,48)(H,49,50,51)(H,52,53,54). The third kappa shape index (κ3) is 8.77. The van der Waals surface area contributed by atoms with Crippen LogP contribution in [-0.4, -0.2) is 45.9 Å². The number of nitrogens with zero attached hydrogens (tertiary/aromatic N) is 4. The minimum Gasteiger partial charge on any atom is -0.439 e. The van der Waals surface area contributed by atoms with Crippen molar-refractivity contribution in [3.8, 4) is 34.4 Å². The molecule has 4 N–H and O–H groups in total. The molecule has 290 valence electrons. The highest BCUT2D eigenvalue weighted by molar-refractivity contribution is 7.86. The van der Waals surface area contributed by atoms with E-state index in [1.807, 2.05) is 72.8 Å². The van der Waals surface area contributed by atoms with E-state index in [4.69, 9.17) is 32.7 Å². The lowest BCUT2D eigenvalue weighted by atomic mass is 10.0. The first-order valence-electron chi connectivity index (χ1n) is 16.9. The number of nitrogens with one attached hydrogen (secondary N) is 2. The summed E-state index contributed by atoms with van der Waals surface area (Å²) in [7, 11) is -10.0. The molecule has 18 heteroatoms. The van der Waals surface area contributed by atoms with Gasteiger partial charge in [-0.1, -0.05) is 72.8 Å². The van der Waals surface area contributed by atoms with Crippen LogP contribution in [0.3, 0.4) is 0 Å². The van der Waals surface area contributed by atoms with E-state index in [2.05, 4.69) is 30.6 Å². The smallest absolute Gasteiger partial charge is 0.295 e. The molecular weight excluding hydrogens is 828 g/mol. The van der Waals surface area contributed by atoms with Crippen LogP contribution in [-0.2, 0) is 20.2 Å². The van der Waals surface area contributed by atoms with Gasteiger partial charge in [0.2, 0.25) is 22.3 Å². The first-order valence-corrected chi connectivity index (χ1v) is 20.6. The summed E-state index contributed by atoms with van der Waals surface area (Å²) >= 11 is 12.4. The van der Waals surface area contributed by atoms with Crippen LogP contribution in [0.25, 0.3) is 32.7 Å². The van der Waals surface area contributed by atoms with E-state index in [-0.39, 0.29) is 56.5 Å². The Balaban J connectivity index is 1.07. The summed E-state index contributed by atoms with van der Waals surface area (Å²) in [5.41, 5.74) is -0.275. The predicted molar refractivity (Wildman–Crippen MR) is 220 cm³/mol. The summed E-state index contributed by atoms with van der Waals surface area (Å²) in [6.45, 7) is 0. The van der Waals surface area contributed by atoms with Gasteiger partial charge in [0.15, 0.2) is 0 Å². The summed E-state index contributed by atoms with van der Waals surface area (Å²) in [4.78, 5) is 15.1. The zero-order chi connectivity index (χ0) is 40.6. The number of anilines is 4. The predicted octanol–water partition coefficient (Wildman–Crippen LogP) is 10.1. The molecule has 0 fully saturated rings. The summed E-state index contributed by atoms with van der Waals surface area (Å²) in [6.07, 6.45) is 0. The average Bonchev–Trinajstić information content (AvgIpc) is 3.17. The Morgan fingerprint density at radius 2 is 0.862 bits per heavy atom. The maximum absolute atomic E-state index is 12.8. The van der Waals surface area contributed by atoms with Gasteiger partial charge in [-0.25, -0.2) is 9.97 Å². The number of halogens is 2. The molecule has 0 spiro atoms. The van der Waals surface area contributed by atoms with Gasteiger partial charge in [0.05, 0.1) is 0 Å². The number of benzene rings is 6. The van der Waals surface area contributed by atoms with Gasteiger partial charge in [0.1, 0.15) is 32.9 Å². The number of ether oxygens (including phenoxy) is 2. The van der Waals surface area contributed by atoms with Crippen molar-refractivity contribution >= 4 is 88.0 Å². The molecule has 8 rings (SSSR count). The topological polar surface area (TPSA) is 203 Å². The second kappa shape index (κ2) is 15.5. The number of hydrogen-bond acceptors (Lipinski definition) is 12. The minimum atomic E-state index is -5.00. The lowest BCUT2D eigenvalue weighted by molar-refractivity contribution is 0.462. The molecule has 0 unspecified atom stereocenters. The second-order valence-electron chi connectivity index (χ2n) is 12.6. The van der Waals surface area contributed by atoms with Crippen molar-refractivity contribution in [3.63, 3.8) is 0 Å². The third-order valence-electron chi connectivity index (χ3n) is 8.59. The largest absolute Gasteiger partial charge is 0.439 e. The molecule has 0 aliphatic heterocycles. The lowest BCUT2D eigenvalue weighted by Crippen LogP contribution is -2.07. The first-order chi connectivity index (χ1) is 27.7. The molecule has 0 saturated carbocycles. The SMILES string of the molecule is O=S(=O)(O)c1cc(Nc2cc(Oc3ccc4ccccc4c3)nc(Cl)n2)ccc1-c1ccc(Nc2cc(Oc3ccc4ccccc4c3)nc(Cl)n2)cc1S(=O)(=O)O. The molecule has 0 amide bonds. The van der Waals surface area contributed by atoms with Gasteiger partial charge in [-0.05, 0) is 93.3 Å². The summed E-state index contributed by atoms with van der Waals surface area (Å²) in [6, 6.07) is 36.6. The Bertz CT molecular complexity index is 2930. The van der Waals surface area contributed by atoms with Crippen molar-refractivity contribution in [1.29, 1.82) is 0 Å². The van der Waals surface area contributed by atoms with Gasteiger partial charge >= 0.3 is 0 Å². The molecule has 0 bridgehead atoms. The third-order valence-corrected chi connectivity index (χ3v) is 10.7. The Morgan fingerprint density at radius 3 is 1.26 bits per heavy atom. The number of aromatic nitrogens is 4. The maximum Gasteiger partial charge on any atom is 0.295 e. The molecule has 0 aliphatic rings. The van der Waals surface area contributed by atoms with E-state index in [0.29, 0.717) is 11.5 Å². The van der Waals surface area contributed by atoms with Crippen LogP contribution < -0.4 is 20.1 Å². The lowest BCUT2D eigenvalue weighted by Gasteiger charge is -2.15. The number of fused-ring (bicyclic) bond motifs is 2. The molecule has 58 heavy (non-hydrogen) atoms. The van der Waals surface area contributed by atoms with Crippen LogP contribution >= 0.6 is 23.2 Å². The average molecular weight is 854 g/mol. The second-order valence-corrected chi connectivity index (χ2v) is 16.0. The molecule has 0 aliphatic carbocycles. The fourth-order valence-corrected chi connectivity index (χ4v) is 7.91. The van der Waals surface area contributed by atoms with E-state index in [9.17, 15) is 25.9 Å². The van der Waals surface area contributed by atoms with Crippen LogP contribution in [0.15, 0.2) is 143 Å². The fraction of sp³-hybridized carbons (Fsp3) is 0. The molecule has 0 saturated heterocycles. The van der Waals surface area contributed by atoms with Crippen LogP contribution in [0.5, 0.6) is 23.3 Å². The van der Waals surface area contributed by atoms with Gasteiger partial charge in [-0.15, -0.1) is 0 Å². The molecule has 2 aromatic heterocycles. The zero-order valence-corrected chi connectivity index (χ0v) is 32.6. The molecule has 0 atom stereocenters. The molecular formula is C40H26Cl2N6O8S2. The molecule has 6 aromatic carbocycles. The van der Waals surface area contributed by atoms with Crippen LogP contribution in [0.4, 0.5) is 23.0 Å². The van der Waals surface area contributed by atoms with E-state index in [1.165, 1.54) is 36.4 Å². The van der Waals surface area contributed by atoms with Crippen molar-refractivity contribution < 1.29 is 35.4 Å². The maximum atomic E-state index is 12.8. The van der Waals surface area contributed by atoms with E-state index in [1.54, 1.807) is 12.1 Å². The van der Waals surface area contributed by atoms with Crippen molar-refractivity contribution in [3.05, 3.63) is 144 Å². The van der Waals surface area contributed by atoms with Crippen LogP contribution in [0.2, 0.25) is 10.6 Å². The van der Waals surface area contributed by atoms with Gasteiger partial charge in [0.25, 0.3) is 20.2 Å². The Labute approximate surface area is 340 Å². The monoisotopic (exact) mass is 852 g/mol. The van der Waals surface area contributed by atoms with Gasteiger partial charge in [0, 0.05) is 34.6 Å². The molecule has 2 heterocycles.